The number of fused-ring (bicyclic) bond motifs is 1. The molecular weight excluding hydrogens is 268 g/mol. The van der Waals surface area contributed by atoms with Gasteiger partial charge in [0.05, 0.1) is 5.56 Å². The Morgan fingerprint density at radius 1 is 1.00 bits per heavy atom. The summed E-state index contributed by atoms with van der Waals surface area (Å²) < 4.78 is 11.2. The first-order valence-electron chi connectivity index (χ1n) is 6.40. The molecule has 0 atom stereocenters. The van der Waals surface area contributed by atoms with Crippen molar-refractivity contribution in [3.05, 3.63) is 54.9 Å². The summed E-state index contributed by atoms with van der Waals surface area (Å²) in [6.45, 7) is 0. The van der Waals surface area contributed by atoms with Crippen LogP contribution in [0.1, 0.15) is 0 Å². The average molecular weight is 278 g/mol. The van der Waals surface area contributed by atoms with Crippen molar-refractivity contribution in [3.63, 3.8) is 0 Å². The molecule has 102 valence electrons. The van der Waals surface area contributed by atoms with E-state index in [4.69, 9.17) is 8.83 Å². The summed E-state index contributed by atoms with van der Waals surface area (Å²) in [5.74, 6) is 1.37. The molecule has 0 spiro atoms. The fraction of sp³-hybridized carbons (Fsp3) is 0. The van der Waals surface area contributed by atoms with Crippen LogP contribution in [0.3, 0.4) is 0 Å². The van der Waals surface area contributed by atoms with Crippen molar-refractivity contribution < 1.29 is 13.9 Å². The van der Waals surface area contributed by atoms with E-state index in [9.17, 15) is 5.11 Å². The Morgan fingerprint density at radius 3 is 2.62 bits per heavy atom. The molecule has 0 aliphatic carbocycles. The summed E-state index contributed by atoms with van der Waals surface area (Å²) in [5.41, 5.74) is 2.35. The van der Waals surface area contributed by atoms with Crippen molar-refractivity contribution in [2.45, 2.75) is 0 Å². The lowest BCUT2D eigenvalue weighted by Crippen LogP contribution is -1.78. The summed E-state index contributed by atoms with van der Waals surface area (Å²) in [6.07, 6.45) is 1.29. The van der Waals surface area contributed by atoms with Crippen molar-refractivity contribution >= 4 is 11.0 Å². The minimum Gasteiger partial charge on any atom is -0.508 e. The van der Waals surface area contributed by atoms with E-state index >= 15 is 0 Å². The van der Waals surface area contributed by atoms with Crippen molar-refractivity contribution in [1.29, 1.82) is 0 Å². The number of hydrogen-bond acceptors (Lipinski definition) is 5. The third-order valence-electron chi connectivity index (χ3n) is 3.29. The van der Waals surface area contributed by atoms with Gasteiger partial charge in [-0.1, -0.05) is 12.1 Å². The molecular formula is C16H10N2O3. The number of hydrogen-bond donors (Lipinski definition) is 1. The summed E-state index contributed by atoms with van der Waals surface area (Å²) in [4.78, 5) is 0. The van der Waals surface area contributed by atoms with E-state index in [-0.39, 0.29) is 5.75 Å². The molecule has 0 aliphatic heterocycles. The van der Waals surface area contributed by atoms with Gasteiger partial charge >= 0.3 is 0 Å². The topological polar surface area (TPSA) is 72.3 Å². The molecule has 2 aromatic heterocycles. The van der Waals surface area contributed by atoms with Gasteiger partial charge in [-0.05, 0) is 36.4 Å². The van der Waals surface area contributed by atoms with Gasteiger partial charge in [0, 0.05) is 10.9 Å². The maximum absolute atomic E-state index is 9.35. The van der Waals surface area contributed by atoms with Gasteiger partial charge in [-0.15, -0.1) is 10.2 Å². The van der Waals surface area contributed by atoms with E-state index in [1.165, 1.54) is 6.39 Å². The number of phenols is 1. The average Bonchev–Trinajstić information content (AvgIpc) is 3.17. The first kappa shape index (κ1) is 11.7. The number of aromatic nitrogens is 2. The van der Waals surface area contributed by atoms with Crippen LogP contribution in [0, 0.1) is 0 Å². The van der Waals surface area contributed by atoms with Crippen molar-refractivity contribution in [1.82, 2.24) is 10.2 Å². The van der Waals surface area contributed by atoms with Crippen LogP contribution in [0.25, 0.3) is 33.7 Å². The molecule has 0 bridgehead atoms. The molecule has 2 heterocycles. The zero-order valence-corrected chi connectivity index (χ0v) is 10.9. The molecule has 0 aliphatic rings. The molecule has 0 fully saturated rings. The number of rotatable bonds is 2. The van der Waals surface area contributed by atoms with Crippen LogP contribution in [-0.2, 0) is 0 Å². The fourth-order valence-electron chi connectivity index (χ4n) is 2.29. The predicted octanol–water partition coefficient (Wildman–Crippen LogP) is 3.86. The van der Waals surface area contributed by atoms with Crippen LogP contribution in [0.15, 0.2) is 63.8 Å². The Balaban J connectivity index is 1.90. The van der Waals surface area contributed by atoms with E-state index < -0.39 is 0 Å². The highest BCUT2D eigenvalue weighted by Crippen LogP contribution is 2.34. The number of phenolic OH excluding ortho intramolecular Hbond substituents is 1. The summed E-state index contributed by atoms with van der Waals surface area (Å²) in [6, 6.07) is 14.6. The maximum Gasteiger partial charge on any atom is 0.251 e. The quantitative estimate of drug-likeness (QED) is 0.602. The molecule has 21 heavy (non-hydrogen) atoms. The van der Waals surface area contributed by atoms with E-state index in [0.717, 1.165) is 22.3 Å². The van der Waals surface area contributed by atoms with Gasteiger partial charge < -0.3 is 13.9 Å². The first-order valence-corrected chi connectivity index (χ1v) is 6.40. The molecule has 1 N–H and O–H groups in total. The van der Waals surface area contributed by atoms with Crippen molar-refractivity contribution in [2.24, 2.45) is 0 Å². The zero-order valence-electron chi connectivity index (χ0n) is 10.9. The largest absolute Gasteiger partial charge is 0.508 e. The Kier molecular flexibility index (Phi) is 2.50. The Hall–Kier alpha value is -3.08. The second-order valence-corrected chi connectivity index (χ2v) is 4.63. The Labute approximate surface area is 119 Å². The van der Waals surface area contributed by atoms with E-state index in [1.54, 1.807) is 24.3 Å². The van der Waals surface area contributed by atoms with Crippen LogP contribution in [-0.4, -0.2) is 15.3 Å². The molecule has 0 saturated heterocycles. The van der Waals surface area contributed by atoms with Crippen LogP contribution < -0.4 is 0 Å². The smallest absolute Gasteiger partial charge is 0.251 e. The maximum atomic E-state index is 9.35. The van der Waals surface area contributed by atoms with E-state index in [0.29, 0.717) is 11.5 Å². The van der Waals surface area contributed by atoms with Crippen LogP contribution in [0.4, 0.5) is 0 Å². The Bertz CT molecular complexity index is 893. The molecule has 4 aromatic rings. The SMILES string of the molecule is Oc1ccc(-c2cc3cccc(-c4nnco4)c3o2)cc1. The summed E-state index contributed by atoms with van der Waals surface area (Å²) >= 11 is 0. The standard InChI is InChI=1S/C16H10N2O3/c19-12-6-4-10(5-7-12)14-8-11-2-1-3-13(15(11)21-14)16-18-17-9-20-16/h1-9,19H. The van der Waals surface area contributed by atoms with E-state index in [2.05, 4.69) is 10.2 Å². The normalized spacial score (nSPS) is 11.0. The zero-order chi connectivity index (χ0) is 14.2. The van der Waals surface area contributed by atoms with Crippen LogP contribution >= 0.6 is 0 Å². The fourth-order valence-corrected chi connectivity index (χ4v) is 2.29. The van der Waals surface area contributed by atoms with Crippen molar-refractivity contribution in [3.8, 4) is 28.5 Å². The molecule has 0 saturated carbocycles. The summed E-state index contributed by atoms with van der Waals surface area (Å²) in [7, 11) is 0. The molecule has 4 rings (SSSR count). The first-order chi connectivity index (χ1) is 10.3. The third-order valence-corrected chi connectivity index (χ3v) is 3.29. The molecule has 5 nitrogen and oxygen atoms in total. The molecule has 0 amide bonds. The monoisotopic (exact) mass is 278 g/mol. The lowest BCUT2D eigenvalue weighted by Gasteiger charge is -1.97. The van der Waals surface area contributed by atoms with Gasteiger partial charge in [0.15, 0.2) is 0 Å². The van der Waals surface area contributed by atoms with Crippen molar-refractivity contribution in [2.75, 3.05) is 0 Å². The van der Waals surface area contributed by atoms with Crippen LogP contribution in [0.5, 0.6) is 5.75 Å². The molecule has 0 unspecified atom stereocenters. The second-order valence-electron chi connectivity index (χ2n) is 4.63. The van der Waals surface area contributed by atoms with Gasteiger partial charge in [-0.2, -0.15) is 0 Å². The number of nitrogens with zero attached hydrogens (tertiary/aromatic N) is 2. The molecule has 0 radical (unpaired) electrons. The predicted molar refractivity (Wildman–Crippen MR) is 76.6 cm³/mol. The number of benzene rings is 2. The highest BCUT2D eigenvalue weighted by atomic mass is 16.4. The van der Waals surface area contributed by atoms with Gasteiger partial charge in [0.2, 0.25) is 6.39 Å². The number of aromatic hydroxyl groups is 1. The second kappa shape index (κ2) is 4.49. The third kappa shape index (κ3) is 1.95. The highest BCUT2D eigenvalue weighted by molar-refractivity contribution is 5.93. The van der Waals surface area contributed by atoms with Crippen LogP contribution in [0.2, 0.25) is 0 Å². The number of furan rings is 1. The molecule has 2 aromatic carbocycles. The van der Waals surface area contributed by atoms with Gasteiger partial charge in [0.25, 0.3) is 5.89 Å². The minimum absolute atomic E-state index is 0.224. The van der Waals surface area contributed by atoms with Gasteiger partial charge in [0.1, 0.15) is 17.1 Å². The highest BCUT2D eigenvalue weighted by Gasteiger charge is 2.14. The lowest BCUT2D eigenvalue weighted by molar-refractivity contribution is 0.475. The Morgan fingerprint density at radius 2 is 1.86 bits per heavy atom. The van der Waals surface area contributed by atoms with Gasteiger partial charge in [-0.3, -0.25) is 0 Å². The minimum atomic E-state index is 0.224. The molecule has 5 heteroatoms. The lowest BCUT2D eigenvalue weighted by atomic mass is 10.1. The van der Waals surface area contributed by atoms with E-state index in [1.807, 2.05) is 24.3 Å². The summed E-state index contributed by atoms with van der Waals surface area (Å²) in [5, 5.41) is 17.9. The van der Waals surface area contributed by atoms with Gasteiger partial charge in [-0.25, -0.2) is 0 Å². The number of para-hydroxylation sites is 1.